The van der Waals surface area contributed by atoms with Crippen LogP contribution in [0.25, 0.3) is 0 Å². The number of carboxylic acid groups (broad SMARTS) is 1. The zero-order valence-corrected chi connectivity index (χ0v) is 18.7. The number of nitrogens with zero attached hydrogens (tertiary/aromatic N) is 1. The van der Waals surface area contributed by atoms with Gasteiger partial charge in [-0.05, 0) is 46.6 Å². The number of methoxy groups -OCH3 is 1. The average Bonchev–Trinajstić information content (AvgIpc) is 3.01. The summed E-state index contributed by atoms with van der Waals surface area (Å²) in [5, 5.41) is 10.4. The predicted molar refractivity (Wildman–Crippen MR) is 117 cm³/mol. The highest BCUT2D eigenvalue weighted by molar-refractivity contribution is 5.99. The van der Waals surface area contributed by atoms with Gasteiger partial charge in [-0.15, -0.1) is 0 Å². The lowest BCUT2D eigenvalue weighted by Gasteiger charge is -2.37. The smallest absolute Gasteiger partial charge is 0.334 e. The molecule has 160 valence electrons. The number of hydrogen-bond donors (Lipinski definition) is 1. The number of benzene rings is 2. The first kappa shape index (κ1) is 21.9. The third kappa shape index (κ3) is 3.57. The van der Waals surface area contributed by atoms with Gasteiger partial charge < -0.3 is 14.7 Å². The van der Waals surface area contributed by atoms with Crippen LogP contribution in [0.5, 0.6) is 5.75 Å². The number of carbonyl (C=O) groups excluding carboxylic acids is 1. The van der Waals surface area contributed by atoms with Gasteiger partial charge >= 0.3 is 5.97 Å². The van der Waals surface area contributed by atoms with Gasteiger partial charge in [0.2, 0.25) is 0 Å². The van der Waals surface area contributed by atoms with Crippen molar-refractivity contribution >= 4 is 11.9 Å². The van der Waals surface area contributed by atoms with Crippen LogP contribution in [0.3, 0.4) is 0 Å². The monoisotopic (exact) mass is 409 g/mol. The van der Waals surface area contributed by atoms with Crippen molar-refractivity contribution in [2.45, 2.75) is 58.5 Å². The standard InChI is InChI=1S/C25H31NO4/c1-16(2)14-25(23(28)29)19-10-8-7-9-18(19)15-26(25)22(27)17-11-12-20(24(3,4)5)21(13-17)30-6/h7-13,16H,14-15H2,1-6H3,(H,28,29). The summed E-state index contributed by atoms with van der Waals surface area (Å²) in [7, 11) is 1.59. The molecule has 5 heteroatoms. The van der Waals surface area contributed by atoms with Gasteiger partial charge in [-0.2, -0.15) is 0 Å². The molecular formula is C25H31NO4. The largest absolute Gasteiger partial charge is 0.496 e. The molecule has 1 amide bonds. The second kappa shape index (κ2) is 7.78. The van der Waals surface area contributed by atoms with Gasteiger partial charge in [-0.1, -0.05) is 65.0 Å². The Kier molecular flexibility index (Phi) is 5.68. The molecule has 0 aromatic heterocycles. The highest BCUT2D eigenvalue weighted by Crippen LogP contribution is 2.45. The molecule has 5 nitrogen and oxygen atoms in total. The van der Waals surface area contributed by atoms with E-state index in [0.29, 0.717) is 23.3 Å². The van der Waals surface area contributed by atoms with Gasteiger partial charge in [-0.3, -0.25) is 4.79 Å². The Morgan fingerprint density at radius 2 is 1.83 bits per heavy atom. The Morgan fingerprint density at radius 3 is 2.40 bits per heavy atom. The molecular weight excluding hydrogens is 378 g/mol. The maximum Gasteiger partial charge on any atom is 0.334 e. The number of amides is 1. The molecule has 1 heterocycles. The fraction of sp³-hybridized carbons (Fsp3) is 0.440. The van der Waals surface area contributed by atoms with Crippen molar-refractivity contribution in [3.05, 3.63) is 64.7 Å². The van der Waals surface area contributed by atoms with E-state index in [4.69, 9.17) is 4.74 Å². The summed E-state index contributed by atoms with van der Waals surface area (Å²) < 4.78 is 5.56. The fourth-order valence-electron chi connectivity index (χ4n) is 4.49. The summed E-state index contributed by atoms with van der Waals surface area (Å²) in [6.45, 7) is 10.5. The zero-order valence-electron chi connectivity index (χ0n) is 18.7. The summed E-state index contributed by atoms with van der Waals surface area (Å²) in [5.41, 5.74) is 1.50. The lowest BCUT2D eigenvalue weighted by molar-refractivity contribution is -0.151. The Bertz CT molecular complexity index is 973. The van der Waals surface area contributed by atoms with E-state index in [1.165, 1.54) is 4.90 Å². The fourth-order valence-corrected chi connectivity index (χ4v) is 4.49. The topological polar surface area (TPSA) is 66.8 Å². The number of fused-ring (bicyclic) bond motifs is 1. The second-order valence-electron chi connectivity index (χ2n) is 9.48. The summed E-state index contributed by atoms with van der Waals surface area (Å²) in [5.74, 6) is -0.559. The Morgan fingerprint density at radius 1 is 1.17 bits per heavy atom. The maximum atomic E-state index is 13.7. The summed E-state index contributed by atoms with van der Waals surface area (Å²) in [6, 6.07) is 12.9. The minimum atomic E-state index is -1.38. The lowest BCUT2D eigenvalue weighted by Crippen LogP contribution is -2.51. The average molecular weight is 410 g/mol. The van der Waals surface area contributed by atoms with Gasteiger partial charge in [0.15, 0.2) is 5.54 Å². The normalized spacial score (nSPS) is 18.4. The number of ether oxygens (including phenoxy) is 1. The van der Waals surface area contributed by atoms with Crippen molar-refractivity contribution in [1.82, 2.24) is 4.90 Å². The summed E-state index contributed by atoms with van der Waals surface area (Å²) in [6.07, 6.45) is 0.350. The van der Waals surface area contributed by atoms with Crippen LogP contribution >= 0.6 is 0 Å². The molecule has 0 aliphatic carbocycles. The van der Waals surface area contributed by atoms with Crippen LogP contribution in [0, 0.1) is 5.92 Å². The molecule has 1 aliphatic rings. The van der Waals surface area contributed by atoms with Crippen molar-refractivity contribution in [1.29, 1.82) is 0 Å². The van der Waals surface area contributed by atoms with E-state index in [1.54, 1.807) is 19.2 Å². The molecule has 2 aromatic rings. The maximum absolute atomic E-state index is 13.7. The van der Waals surface area contributed by atoms with Crippen molar-refractivity contribution < 1.29 is 19.4 Å². The molecule has 3 rings (SSSR count). The van der Waals surface area contributed by atoms with Crippen LogP contribution in [0.4, 0.5) is 0 Å². The first-order chi connectivity index (χ1) is 14.0. The van der Waals surface area contributed by atoms with E-state index in [0.717, 1.165) is 11.1 Å². The Balaban J connectivity index is 2.12. The molecule has 0 bridgehead atoms. The number of carboxylic acids is 1. The highest BCUT2D eigenvalue weighted by Gasteiger charge is 2.53. The van der Waals surface area contributed by atoms with Crippen LogP contribution in [0.1, 0.15) is 68.1 Å². The van der Waals surface area contributed by atoms with Gasteiger partial charge in [-0.25, -0.2) is 4.79 Å². The van der Waals surface area contributed by atoms with E-state index in [-0.39, 0.29) is 23.8 Å². The second-order valence-corrected chi connectivity index (χ2v) is 9.48. The number of hydrogen-bond acceptors (Lipinski definition) is 3. The van der Waals surface area contributed by atoms with Gasteiger partial charge in [0, 0.05) is 12.1 Å². The number of aliphatic carboxylic acids is 1. The minimum Gasteiger partial charge on any atom is -0.496 e. The molecule has 0 saturated carbocycles. The van der Waals surface area contributed by atoms with Gasteiger partial charge in [0.25, 0.3) is 5.91 Å². The molecule has 0 spiro atoms. The van der Waals surface area contributed by atoms with Crippen LogP contribution in [-0.2, 0) is 22.3 Å². The van der Waals surface area contributed by atoms with Crippen LogP contribution in [0.15, 0.2) is 42.5 Å². The zero-order chi connectivity index (χ0) is 22.3. The highest BCUT2D eigenvalue weighted by atomic mass is 16.5. The third-order valence-electron chi connectivity index (χ3n) is 5.81. The van der Waals surface area contributed by atoms with E-state index in [9.17, 15) is 14.7 Å². The van der Waals surface area contributed by atoms with Gasteiger partial charge in [0.1, 0.15) is 5.75 Å². The molecule has 1 atom stereocenters. The summed E-state index contributed by atoms with van der Waals surface area (Å²) in [4.78, 5) is 27.8. The predicted octanol–water partition coefficient (Wildman–Crippen LogP) is 4.97. The molecule has 0 radical (unpaired) electrons. The molecule has 1 N–H and O–H groups in total. The van der Waals surface area contributed by atoms with E-state index in [1.807, 2.05) is 44.2 Å². The van der Waals surface area contributed by atoms with Crippen molar-refractivity contribution in [2.75, 3.05) is 7.11 Å². The minimum absolute atomic E-state index is 0.0976. The quantitative estimate of drug-likeness (QED) is 0.757. The first-order valence-electron chi connectivity index (χ1n) is 10.3. The number of carbonyl (C=O) groups is 2. The van der Waals surface area contributed by atoms with Gasteiger partial charge in [0.05, 0.1) is 7.11 Å². The summed E-state index contributed by atoms with van der Waals surface area (Å²) >= 11 is 0. The third-order valence-corrected chi connectivity index (χ3v) is 5.81. The molecule has 30 heavy (non-hydrogen) atoms. The van der Waals surface area contributed by atoms with Crippen molar-refractivity contribution in [3.63, 3.8) is 0 Å². The molecule has 1 aliphatic heterocycles. The molecule has 0 fully saturated rings. The Hall–Kier alpha value is -2.82. The van der Waals surface area contributed by atoms with Crippen molar-refractivity contribution in [3.8, 4) is 5.75 Å². The van der Waals surface area contributed by atoms with E-state index in [2.05, 4.69) is 20.8 Å². The van der Waals surface area contributed by atoms with E-state index >= 15 is 0 Å². The van der Waals surface area contributed by atoms with Crippen molar-refractivity contribution in [2.24, 2.45) is 5.92 Å². The Labute approximate surface area is 178 Å². The SMILES string of the molecule is COc1cc(C(=O)N2Cc3ccccc3C2(CC(C)C)C(=O)O)ccc1C(C)(C)C. The van der Waals surface area contributed by atoms with E-state index < -0.39 is 11.5 Å². The molecule has 2 aromatic carbocycles. The lowest BCUT2D eigenvalue weighted by atomic mass is 9.81. The number of rotatable bonds is 5. The first-order valence-corrected chi connectivity index (χ1v) is 10.3. The van der Waals surface area contributed by atoms with Crippen LogP contribution in [-0.4, -0.2) is 29.0 Å². The molecule has 1 unspecified atom stereocenters. The van der Waals surface area contributed by atoms with Crippen LogP contribution in [0.2, 0.25) is 0 Å². The molecule has 0 saturated heterocycles. The van der Waals surface area contributed by atoms with Crippen LogP contribution < -0.4 is 4.74 Å².